The number of nitriles is 1. The van der Waals surface area contributed by atoms with E-state index in [2.05, 4.69) is 11.4 Å². The van der Waals surface area contributed by atoms with E-state index in [1.807, 2.05) is 41.1 Å². The van der Waals surface area contributed by atoms with Crippen LogP contribution in [0.3, 0.4) is 0 Å². The SMILES string of the molecule is COCC(=O)Nc1cccc(-c2nn(C3CCCCO3)c3ccc(C#N)cc23)c1. The molecule has 1 aromatic heterocycles. The molecule has 148 valence electrons. The van der Waals surface area contributed by atoms with Crippen molar-refractivity contribution in [3.05, 3.63) is 48.0 Å². The highest BCUT2D eigenvalue weighted by atomic mass is 16.5. The Bertz CT molecular complexity index is 1080. The topological polar surface area (TPSA) is 89.2 Å². The summed E-state index contributed by atoms with van der Waals surface area (Å²) >= 11 is 0. The molecule has 4 rings (SSSR count). The number of aromatic nitrogens is 2. The Kier molecular flexibility index (Phi) is 5.56. The molecule has 1 fully saturated rings. The number of methoxy groups -OCH3 is 1. The molecule has 1 saturated heterocycles. The van der Waals surface area contributed by atoms with Crippen LogP contribution in [0.15, 0.2) is 42.5 Å². The second-order valence-corrected chi connectivity index (χ2v) is 7.02. The van der Waals surface area contributed by atoms with E-state index in [0.29, 0.717) is 11.3 Å². The predicted octanol–water partition coefficient (Wildman–Crippen LogP) is 3.86. The maximum absolute atomic E-state index is 11.9. The van der Waals surface area contributed by atoms with E-state index >= 15 is 0 Å². The first-order chi connectivity index (χ1) is 14.2. The van der Waals surface area contributed by atoms with Gasteiger partial charge in [-0.2, -0.15) is 10.4 Å². The van der Waals surface area contributed by atoms with E-state index in [1.54, 1.807) is 6.07 Å². The van der Waals surface area contributed by atoms with Gasteiger partial charge in [0.1, 0.15) is 12.3 Å². The third-order valence-corrected chi connectivity index (χ3v) is 4.96. The molecule has 1 amide bonds. The minimum atomic E-state index is -0.220. The largest absolute Gasteiger partial charge is 0.375 e. The highest BCUT2D eigenvalue weighted by molar-refractivity contribution is 5.96. The Balaban J connectivity index is 1.78. The van der Waals surface area contributed by atoms with Crippen LogP contribution in [0.25, 0.3) is 22.2 Å². The lowest BCUT2D eigenvalue weighted by atomic mass is 10.1. The van der Waals surface area contributed by atoms with Gasteiger partial charge >= 0.3 is 0 Å². The van der Waals surface area contributed by atoms with E-state index in [0.717, 1.165) is 48.0 Å². The number of fused-ring (bicyclic) bond motifs is 1. The maximum Gasteiger partial charge on any atom is 0.250 e. The fourth-order valence-electron chi connectivity index (χ4n) is 3.63. The van der Waals surface area contributed by atoms with Crippen molar-refractivity contribution in [3.63, 3.8) is 0 Å². The molecule has 2 aromatic carbocycles. The maximum atomic E-state index is 11.9. The monoisotopic (exact) mass is 390 g/mol. The first-order valence-electron chi connectivity index (χ1n) is 9.63. The lowest BCUT2D eigenvalue weighted by Gasteiger charge is -2.23. The number of anilines is 1. The van der Waals surface area contributed by atoms with Gasteiger partial charge in [0.25, 0.3) is 0 Å². The van der Waals surface area contributed by atoms with Gasteiger partial charge in [-0.25, -0.2) is 4.68 Å². The molecule has 2 heterocycles. The summed E-state index contributed by atoms with van der Waals surface area (Å²) in [4.78, 5) is 11.9. The molecule has 7 nitrogen and oxygen atoms in total. The number of benzene rings is 2. The molecule has 1 aliphatic heterocycles. The van der Waals surface area contributed by atoms with Crippen molar-refractivity contribution in [1.29, 1.82) is 5.26 Å². The molecule has 1 unspecified atom stereocenters. The van der Waals surface area contributed by atoms with Gasteiger partial charge in [-0.15, -0.1) is 0 Å². The van der Waals surface area contributed by atoms with Gasteiger partial charge in [-0.3, -0.25) is 4.79 Å². The van der Waals surface area contributed by atoms with Crippen LogP contribution < -0.4 is 5.32 Å². The third kappa shape index (κ3) is 3.99. The summed E-state index contributed by atoms with van der Waals surface area (Å²) in [5, 5.41) is 17.9. The number of ether oxygens (including phenoxy) is 2. The number of rotatable bonds is 5. The highest BCUT2D eigenvalue weighted by Crippen LogP contribution is 2.34. The fourth-order valence-corrected chi connectivity index (χ4v) is 3.63. The first-order valence-corrected chi connectivity index (χ1v) is 9.63. The predicted molar refractivity (Wildman–Crippen MR) is 109 cm³/mol. The van der Waals surface area contributed by atoms with E-state index in [9.17, 15) is 10.1 Å². The van der Waals surface area contributed by atoms with E-state index < -0.39 is 0 Å². The van der Waals surface area contributed by atoms with Crippen LogP contribution in [0.1, 0.15) is 31.1 Å². The number of hydrogen-bond donors (Lipinski definition) is 1. The molecular weight excluding hydrogens is 368 g/mol. The molecule has 1 aliphatic rings. The van der Waals surface area contributed by atoms with Gasteiger partial charge < -0.3 is 14.8 Å². The Morgan fingerprint density at radius 2 is 2.24 bits per heavy atom. The average Bonchev–Trinajstić information content (AvgIpc) is 3.13. The van der Waals surface area contributed by atoms with Crippen LogP contribution in [-0.2, 0) is 14.3 Å². The summed E-state index contributed by atoms with van der Waals surface area (Å²) in [5.74, 6) is -0.220. The quantitative estimate of drug-likeness (QED) is 0.715. The highest BCUT2D eigenvalue weighted by Gasteiger charge is 2.22. The van der Waals surface area contributed by atoms with Crippen LogP contribution in [0.5, 0.6) is 0 Å². The zero-order chi connectivity index (χ0) is 20.2. The molecule has 0 aliphatic carbocycles. The number of carbonyl (C=O) groups excluding carboxylic acids is 1. The van der Waals surface area contributed by atoms with Crippen molar-refractivity contribution >= 4 is 22.5 Å². The molecule has 7 heteroatoms. The number of hydrogen-bond acceptors (Lipinski definition) is 5. The summed E-state index contributed by atoms with van der Waals surface area (Å²) in [6, 6.07) is 15.3. The van der Waals surface area contributed by atoms with Gasteiger partial charge in [0.15, 0.2) is 6.23 Å². The lowest BCUT2D eigenvalue weighted by molar-refractivity contribution is -0.119. The summed E-state index contributed by atoms with van der Waals surface area (Å²) in [5.41, 5.74) is 3.79. The molecule has 1 atom stereocenters. The Morgan fingerprint density at radius 1 is 1.34 bits per heavy atom. The summed E-state index contributed by atoms with van der Waals surface area (Å²) < 4.78 is 12.7. The van der Waals surface area contributed by atoms with Crippen molar-refractivity contribution in [1.82, 2.24) is 9.78 Å². The van der Waals surface area contributed by atoms with Crippen LogP contribution in [0, 0.1) is 11.3 Å². The fraction of sp³-hybridized carbons (Fsp3) is 0.318. The molecular formula is C22H22N4O3. The van der Waals surface area contributed by atoms with Crippen molar-refractivity contribution in [2.45, 2.75) is 25.5 Å². The molecule has 0 bridgehead atoms. The molecule has 0 spiro atoms. The number of nitrogens with one attached hydrogen (secondary N) is 1. The number of carbonyl (C=O) groups is 1. The average molecular weight is 390 g/mol. The van der Waals surface area contributed by atoms with E-state index in [-0.39, 0.29) is 18.7 Å². The van der Waals surface area contributed by atoms with Gasteiger partial charge in [0, 0.05) is 30.4 Å². The number of nitrogens with zero attached hydrogens (tertiary/aromatic N) is 3. The standard InChI is InChI=1S/C22H22N4O3/c1-28-14-20(27)24-17-6-4-5-16(12-17)22-18-11-15(13-23)8-9-19(18)26(25-22)21-7-2-3-10-29-21/h4-6,8-9,11-12,21H,2-3,7,10,14H2,1H3,(H,24,27). The van der Waals surface area contributed by atoms with Gasteiger partial charge in [-0.1, -0.05) is 12.1 Å². The van der Waals surface area contributed by atoms with Gasteiger partial charge in [0.05, 0.1) is 17.1 Å². The minimum Gasteiger partial charge on any atom is -0.375 e. The Morgan fingerprint density at radius 3 is 3.00 bits per heavy atom. The minimum absolute atomic E-state index is 0.00761. The second kappa shape index (κ2) is 8.43. The van der Waals surface area contributed by atoms with Gasteiger partial charge in [-0.05, 0) is 49.6 Å². The Hall–Kier alpha value is -3.21. The van der Waals surface area contributed by atoms with E-state index in [4.69, 9.17) is 14.6 Å². The van der Waals surface area contributed by atoms with Crippen LogP contribution in [0.4, 0.5) is 5.69 Å². The molecule has 3 aromatic rings. The normalized spacial score (nSPS) is 16.5. The lowest BCUT2D eigenvalue weighted by Crippen LogP contribution is -2.19. The molecule has 0 radical (unpaired) electrons. The molecule has 0 saturated carbocycles. The summed E-state index contributed by atoms with van der Waals surface area (Å²) in [6.07, 6.45) is 2.95. The van der Waals surface area contributed by atoms with E-state index in [1.165, 1.54) is 7.11 Å². The Labute approximate surface area is 168 Å². The first kappa shape index (κ1) is 19.1. The number of amides is 1. The molecule has 29 heavy (non-hydrogen) atoms. The van der Waals surface area contributed by atoms with Crippen LogP contribution in [0.2, 0.25) is 0 Å². The third-order valence-electron chi connectivity index (χ3n) is 4.96. The van der Waals surface area contributed by atoms with Crippen molar-refractivity contribution < 1.29 is 14.3 Å². The second-order valence-electron chi connectivity index (χ2n) is 7.02. The van der Waals surface area contributed by atoms with Crippen LogP contribution in [-0.4, -0.2) is 36.0 Å². The zero-order valence-corrected chi connectivity index (χ0v) is 16.2. The van der Waals surface area contributed by atoms with Crippen molar-refractivity contribution in [2.24, 2.45) is 0 Å². The van der Waals surface area contributed by atoms with Crippen molar-refractivity contribution in [3.8, 4) is 17.3 Å². The summed E-state index contributed by atoms with van der Waals surface area (Å²) in [7, 11) is 1.48. The smallest absolute Gasteiger partial charge is 0.250 e. The van der Waals surface area contributed by atoms with Crippen molar-refractivity contribution in [2.75, 3.05) is 25.6 Å². The zero-order valence-electron chi connectivity index (χ0n) is 16.2. The van der Waals surface area contributed by atoms with Gasteiger partial charge in [0.2, 0.25) is 5.91 Å². The molecule has 1 N–H and O–H groups in total. The van der Waals surface area contributed by atoms with Crippen LogP contribution >= 0.6 is 0 Å². The summed E-state index contributed by atoms with van der Waals surface area (Å²) in [6.45, 7) is 0.713.